The van der Waals surface area contributed by atoms with Crippen LogP contribution in [-0.4, -0.2) is 47.0 Å². The van der Waals surface area contributed by atoms with Crippen LogP contribution in [0.25, 0.3) is 11.3 Å². The number of pyridine rings is 1. The van der Waals surface area contributed by atoms with Crippen molar-refractivity contribution in [3.05, 3.63) is 53.9 Å². The lowest BCUT2D eigenvalue weighted by Gasteiger charge is -2.27. The van der Waals surface area contributed by atoms with Crippen molar-refractivity contribution >= 4 is 28.1 Å². The molecule has 8 heteroatoms. The molecule has 0 radical (unpaired) electrons. The van der Waals surface area contributed by atoms with E-state index < -0.39 is 0 Å². The van der Waals surface area contributed by atoms with Gasteiger partial charge in [0.15, 0.2) is 0 Å². The van der Waals surface area contributed by atoms with Crippen LogP contribution in [0.1, 0.15) is 4.88 Å². The zero-order chi connectivity index (χ0) is 18.5. The lowest BCUT2D eigenvalue weighted by molar-refractivity contribution is -0.115. The highest BCUT2D eigenvalue weighted by Crippen LogP contribution is 2.27. The molecule has 0 unspecified atom stereocenters. The molecule has 0 aliphatic carbocycles. The Morgan fingerprint density at radius 2 is 2.00 bits per heavy atom. The number of rotatable bonds is 5. The van der Waals surface area contributed by atoms with Crippen LogP contribution in [0.3, 0.4) is 0 Å². The van der Waals surface area contributed by atoms with Gasteiger partial charge in [0.2, 0.25) is 5.91 Å². The fraction of sp³-hybridized carbons (Fsp3) is 0.263. The molecule has 2 N–H and O–H groups in total. The number of nitrogens with zero attached hydrogens (tertiary/aromatic N) is 4. The van der Waals surface area contributed by atoms with Crippen LogP contribution in [0, 0.1) is 0 Å². The van der Waals surface area contributed by atoms with Crippen LogP contribution in [0.2, 0.25) is 0 Å². The van der Waals surface area contributed by atoms with Crippen LogP contribution in [0.15, 0.2) is 49.1 Å². The molecule has 0 spiro atoms. The van der Waals surface area contributed by atoms with E-state index in [0.717, 1.165) is 42.3 Å². The molecule has 138 valence electrons. The Morgan fingerprint density at radius 1 is 1.11 bits per heavy atom. The summed E-state index contributed by atoms with van der Waals surface area (Å²) in [6.07, 6.45) is 6.99. The molecule has 0 atom stereocenters. The molecule has 1 fully saturated rings. The quantitative estimate of drug-likeness (QED) is 0.706. The molecule has 0 saturated carbocycles. The molecule has 4 rings (SSSR count). The lowest BCUT2D eigenvalue weighted by Crippen LogP contribution is -2.43. The molecule has 1 aliphatic heterocycles. The lowest BCUT2D eigenvalue weighted by atomic mass is 10.2. The van der Waals surface area contributed by atoms with E-state index in [9.17, 15) is 4.79 Å². The van der Waals surface area contributed by atoms with Crippen molar-refractivity contribution in [1.82, 2.24) is 20.3 Å². The average molecular weight is 380 g/mol. The van der Waals surface area contributed by atoms with Crippen LogP contribution < -0.4 is 15.5 Å². The van der Waals surface area contributed by atoms with Gasteiger partial charge in [-0.05, 0) is 24.3 Å². The van der Waals surface area contributed by atoms with Crippen LogP contribution in [-0.2, 0) is 11.2 Å². The minimum absolute atomic E-state index is 0.0662. The zero-order valence-corrected chi connectivity index (χ0v) is 15.6. The molecule has 3 aromatic heterocycles. The first-order valence-corrected chi connectivity index (χ1v) is 9.66. The molecule has 3 aromatic rings. The summed E-state index contributed by atoms with van der Waals surface area (Å²) in [5.74, 6) is 0.468. The van der Waals surface area contributed by atoms with Crippen molar-refractivity contribution in [3.63, 3.8) is 0 Å². The summed E-state index contributed by atoms with van der Waals surface area (Å²) in [5, 5.41) is 7.43. The summed E-state index contributed by atoms with van der Waals surface area (Å²) in [6.45, 7) is 4.02. The van der Waals surface area contributed by atoms with Gasteiger partial charge in [-0.1, -0.05) is 0 Å². The van der Waals surface area contributed by atoms with Gasteiger partial charge in [-0.3, -0.25) is 14.8 Å². The van der Waals surface area contributed by atoms with Crippen molar-refractivity contribution in [2.24, 2.45) is 0 Å². The first-order chi connectivity index (χ1) is 13.3. The highest BCUT2D eigenvalue weighted by atomic mass is 32.1. The zero-order valence-electron chi connectivity index (χ0n) is 14.8. The third kappa shape index (κ3) is 4.47. The summed E-state index contributed by atoms with van der Waals surface area (Å²) in [5.41, 5.74) is 1.61. The maximum absolute atomic E-state index is 12.3. The molecule has 4 heterocycles. The van der Waals surface area contributed by atoms with Gasteiger partial charge in [0, 0.05) is 55.2 Å². The maximum atomic E-state index is 12.3. The van der Waals surface area contributed by atoms with Crippen LogP contribution in [0.5, 0.6) is 0 Å². The third-order valence-corrected chi connectivity index (χ3v) is 5.45. The molecule has 1 aliphatic rings. The summed E-state index contributed by atoms with van der Waals surface area (Å²) >= 11 is 1.68. The highest BCUT2D eigenvalue weighted by Gasteiger charge is 2.14. The molecule has 0 bridgehead atoms. The monoisotopic (exact) mass is 380 g/mol. The van der Waals surface area contributed by atoms with Gasteiger partial charge in [-0.2, -0.15) is 0 Å². The second-order valence-electron chi connectivity index (χ2n) is 6.22. The summed E-state index contributed by atoms with van der Waals surface area (Å²) < 4.78 is 0. The maximum Gasteiger partial charge on any atom is 0.230 e. The molecular formula is C19H20N6OS. The Bertz CT molecular complexity index is 890. The van der Waals surface area contributed by atoms with Crippen LogP contribution in [0.4, 0.5) is 10.8 Å². The predicted octanol–water partition coefficient (Wildman–Crippen LogP) is 2.19. The highest BCUT2D eigenvalue weighted by molar-refractivity contribution is 7.16. The first-order valence-electron chi connectivity index (χ1n) is 8.84. The van der Waals surface area contributed by atoms with Gasteiger partial charge < -0.3 is 15.5 Å². The van der Waals surface area contributed by atoms with E-state index in [1.807, 2.05) is 12.1 Å². The standard InChI is InChI=1S/C19H20N6OS/c26-18(11-15-2-4-19(27-15)25-9-7-20-8-10-25)24-17-3-1-14(12-23-17)16-13-21-5-6-22-16/h1-6,12-13,20H,7-11H2,(H,23,24,26). The molecule has 1 amide bonds. The van der Waals surface area contributed by atoms with Crippen LogP contribution >= 0.6 is 11.3 Å². The number of carbonyl (C=O) groups excluding carboxylic acids is 1. The van der Waals surface area contributed by atoms with Crippen molar-refractivity contribution in [2.45, 2.75) is 6.42 Å². The topological polar surface area (TPSA) is 83.0 Å². The molecule has 27 heavy (non-hydrogen) atoms. The van der Waals surface area contributed by atoms with Gasteiger partial charge in [0.05, 0.1) is 23.3 Å². The number of piperazine rings is 1. The van der Waals surface area contributed by atoms with Gasteiger partial charge in [-0.25, -0.2) is 4.98 Å². The number of carbonyl (C=O) groups is 1. The van der Waals surface area contributed by atoms with Crippen molar-refractivity contribution in [2.75, 3.05) is 36.4 Å². The predicted molar refractivity (Wildman–Crippen MR) is 107 cm³/mol. The van der Waals surface area contributed by atoms with Gasteiger partial charge in [-0.15, -0.1) is 11.3 Å². The Balaban J connectivity index is 1.35. The second-order valence-corrected chi connectivity index (χ2v) is 7.37. The number of thiophene rings is 1. The van der Waals surface area contributed by atoms with E-state index in [4.69, 9.17) is 0 Å². The Hall–Kier alpha value is -2.84. The van der Waals surface area contributed by atoms with Crippen molar-refractivity contribution in [3.8, 4) is 11.3 Å². The fourth-order valence-electron chi connectivity index (χ4n) is 2.93. The molecule has 0 aromatic carbocycles. The Morgan fingerprint density at radius 3 is 2.74 bits per heavy atom. The smallest absolute Gasteiger partial charge is 0.230 e. The van der Waals surface area contributed by atoms with E-state index in [-0.39, 0.29) is 5.91 Å². The number of hydrogen-bond acceptors (Lipinski definition) is 7. The second kappa shape index (κ2) is 8.24. The summed E-state index contributed by atoms with van der Waals surface area (Å²) in [6, 6.07) is 7.79. The number of anilines is 2. The van der Waals surface area contributed by atoms with Gasteiger partial charge in [0.1, 0.15) is 5.82 Å². The fourth-order valence-corrected chi connectivity index (χ4v) is 3.99. The van der Waals surface area contributed by atoms with E-state index in [0.29, 0.717) is 12.2 Å². The average Bonchev–Trinajstić information content (AvgIpc) is 3.18. The van der Waals surface area contributed by atoms with Crippen molar-refractivity contribution < 1.29 is 4.79 Å². The Labute approximate surface area is 161 Å². The van der Waals surface area contributed by atoms with E-state index in [2.05, 4.69) is 36.6 Å². The summed E-state index contributed by atoms with van der Waals surface area (Å²) in [7, 11) is 0. The van der Waals surface area contributed by atoms with E-state index in [1.54, 1.807) is 42.2 Å². The number of hydrogen-bond donors (Lipinski definition) is 2. The Kier molecular flexibility index (Phi) is 5.36. The number of nitrogens with one attached hydrogen (secondary N) is 2. The largest absolute Gasteiger partial charge is 0.361 e. The molecule has 1 saturated heterocycles. The van der Waals surface area contributed by atoms with E-state index in [1.165, 1.54) is 5.00 Å². The van der Waals surface area contributed by atoms with E-state index >= 15 is 0 Å². The number of aromatic nitrogens is 3. The summed E-state index contributed by atoms with van der Waals surface area (Å²) in [4.78, 5) is 28.3. The minimum atomic E-state index is -0.0662. The first kappa shape index (κ1) is 17.6. The normalized spacial score (nSPS) is 14.1. The molecule has 7 nitrogen and oxygen atoms in total. The SMILES string of the molecule is O=C(Cc1ccc(N2CCNCC2)s1)Nc1ccc(-c2cnccn2)cn1. The minimum Gasteiger partial charge on any atom is -0.361 e. The van der Waals surface area contributed by atoms with Gasteiger partial charge in [0.25, 0.3) is 0 Å². The molecular weight excluding hydrogens is 360 g/mol. The van der Waals surface area contributed by atoms with Crippen molar-refractivity contribution in [1.29, 1.82) is 0 Å². The third-order valence-electron chi connectivity index (χ3n) is 4.30. The van der Waals surface area contributed by atoms with Gasteiger partial charge >= 0.3 is 0 Å². The number of amides is 1.